The average Bonchev–Trinajstić information content (AvgIpc) is 2.73. The molecule has 0 atom stereocenters. The second kappa shape index (κ2) is 9.28. The number of aromatic hydroxyl groups is 3. The molecule has 0 saturated carbocycles. The molecule has 3 aromatic rings. The van der Waals surface area contributed by atoms with E-state index >= 15 is 0 Å². The summed E-state index contributed by atoms with van der Waals surface area (Å²) in [6, 6.07) is 13.1. The first-order valence-electron chi connectivity index (χ1n) is 9.04. The molecule has 11 heteroatoms. The Bertz CT molecular complexity index is 1280. The third-order valence-corrected chi connectivity index (χ3v) is 6.17. The van der Waals surface area contributed by atoms with Crippen molar-refractivity contribution in [3.63, 3.8) is 0 Å². The zero-order valence-corrected chi connectivity index (χ0v) is 19.0. The fourth-order valence-electron chi connectivity index (χ4n) is 2.61. The molecule has 3 rings (SSSR count). The number of hydrogen-bond donors (Lipinski definition) is 5. The third-order valence-electron chi connectivity index (χ3n) is 4.29. The van der Waals surface area contributed by atoms with Crippen molar-refractivity contribution in [2.75, 3.05) is 4.72 Å². The molecule has 0 saturated heterocycles. The summed E-state index contributed by atoms with van der Waals surface area (Å²) < 4.78 is 28.6. The highest BCUT2D eigenvalue weighted by Crippen LogP contribution is 2.35. The van der Waals surface area contributed by atoms with Crippen LogP contribution in [0.1, 0.15) is 21.5 Å². The van der Waals surface area contributed by atoms with Crippen molar-refractivity contribution in [3.8, 4) is 17.2 Å². The van der Waals surface area contributed by atoms with Gasteiger partial charge in [0.05, 0.1) is 16.8 Å². The molecular formula is C21H18BrN3O6S. The van der Waals surface area contributed by atoms with E-state index < -0.39 is 33.2 Å². The number of halogens is 1. The molecule has 9 nitrogen and oxygen atoms in total. The lowest BCUT2D eigenvalue weighted by Crippen LogP contribution is -2.18. The number of benzene rings is 3. The van der Waals surface area contributed by atoms with Crippen LogP contribution in [0, 0.1) is 6.92 Å². The van der Waals surface area contributed by atoms with Crippen molar-refractivity contribution in [1.82, 2.24) is 5.43 Å². The minimum atomic E-state index is -3.86. The SMILES string of the molecule is Cc1ccc(S(=O)(=O)Nc2ccc(Br)cc2/C=N/NC(=O)c2cc(O)c(O)c(O)c2)cc1. The monoisotopic (exact) mass is 519 g/mol. The van der Waals surface area contributed by atoms with E-state index in [0.717, 1.165) is 17.7 Å². The predicted octanol–water partition coefficient (Wildman–Crippen LogP) is 3.44. The van der Waals surface area contributed by atoms with E-state index in [9.17, 15) is 28.5 Å². The number of hydrogen-bond acceptors (Lipinski definition) is 7. The Labute approximate surface area is 192 Å². The highest BCUT2D eigenvalue weighted by atomic mass is 79.9. The van der Waals surface area contributed by atoms with Crippen LogP contribution in [-0.4, -0.2) is 35.9 Å². The van der Waals surface area contributed by atoms with Crippen molar-refractivity contribution in [3.05, 3.63) is 75.8 Å². The lowest BCUT2D eigenvalue weighted by molar-refractivity contribution is 0.0954. The number of sulfonamides is 1. The highest BCUT2D eigenvalue weighted by Gasteiger charge is 2.16. The summed E-state index contributed by atoms with van der Waals surface area (Å²) in [6.45, 7) is 1.85. The van der Waals surface area contributed by atoms with Gasteiger partial charge in [0, 0.05) is 15.6 Å². The fraction of sp³-hybridized carbons (Fsp3) is 0.0476. The maximum Gasteiger partial charge on any atom is 0.271 e. The maximum atomic E-state index is 12.7. The van der Waals surface area contributed by atoms with Gasteiger partial charge < -0.3 is 15.3 Å². The molecule has 0 heterocycles. The Kier molecular flexibility index (Phi) is 6.70. The van der Waals surface area contributed by atoms with E-state index in [1.165, 1.54) is 24.4 Å². The molecule has 0 spiro atoms. The molecule has 32 heavy (non-hydrogen) atoms. The van der Waals surface area contributed by atoms with E-state index in [1.54, 1.807) is 24.3 Å². The van der Waals surface area contributed by atoms with Crippen LogP contribution < -0.4 is 10.1 Å². The Morgan fingerprint density at radius 2 is 1.62 bits per heavy atom. The van der Waals surface area contributed by atoms with Gasteiger partial charge >= 0.3 is 0 Å². The molecule has 0 fully saturated rings. The fourth-order valence-corrected chi connectivity index (χ4v) is 4.08. The topological polar surface area (TPSA) is 148 Å². The van der Waals surface area contributed by atoms with Crippen LogP contribution in [0.3, 0.4) is 0 Å². The van der Waals surface area contributed by atoms with Crippen molar-refractivity contribution >= 4 is 43.8 Å². The predicted molar refractivity (Wildman–Crippen MR) is 123 cm³/mol. The summed E-state index contributed by atoms with van der Waals surface area (Å²) in [7, 11) is -3.86. The number of anilines is 1. The third kappa shape index (κ3) is 5.37. The molecule has 0 bridgehead atoms. The van der Waals surface area contributed by atoms with Gasteiger partial charge in [-0.25, -0.2) is 13.8 Å². The molecule has 1 amide bonds. The van der Waals surface area contributed by atoms with Crippen molar-refractivity contribution in [1.29, 1.82) is 0 Å². The standard InChI is InChI=1S/C21H18BrN3O6S/c1-12-2-5-16(6-3-12)32(30,31)25-17-7-4-15(22)8-14(17)11-23-24-21(29)13-9-18(26)20(28)19(27)10-13/h2-11,25-28H,1H3,(H,24,29)/b23-11+. The van der Waals surface area contributed by atoms with Crippen LogP contribution in [0.2, 0.25) is 0 Å². The Morgan fingerprint density at radius 1 is 1.00 bits per heavy atom. The van der Waals surface area contributed by atoms with E-state index in [1.807, 2.05) is 6.92 Å². The lowest BCUT2D eigenvalue weighted by Gasteiger charge is -2.11. The summed E-state index contributed by atoms with van der Waals surface area (Å²) in [5.74, 6) is -2.86. The zero-order chi connectivity index (χ0) is 23.5. The molecule has 0 aromatic heterocycles. The Hall–Kier alpha value is -3.57. The largest absolute Gasteiger partial charge is 0.504 e. The number of phenols is 3. The van der Waals surface area contributed by atoms with Gasteiger partial charge in [0.1, 0.15) is 0 Å². The van der Waals surface area contributed by atoms with Crippen molar-refractivity contribution in [2.24, 2.45) is 5.10 Å². The van der Waals surface area contributed by atoms with E-state index in [4.69, 9.17) is 0 Å². The molecule has 0 radical (unpaired) electrons. The second-order valence-corrected chi connectivity index (χ2v) is 9.31. The summed E-state index contributed by atoms with van der Waals surface area (Å²) in [4.78, 5) is 12.3. The first-order chi connectivity index (χ1) is 15.1. The Balaban J connectivity index is 1.81. The number of phenolic OH excluding ortho intramolecular Hbond substituents is 3. The molecule has 3 aromatic carbocycles. The van der Waals surface area contributed by atoms with Gasteiger partial charge in [-0.05, 0) is 49.4 Å². The summed E-state index contributed by atoms with van der Waals surface area (Å²) in [5, 5.41) is 32.2. The number of aryl methyl sites for hydroxylation is 1. The highest BCUT2D eigenvalue weighted by molar-refractivity contribution is 9.10. The zero-order valence-electron chi connectivity index (χ0n) is 16.6. The number of nitrogens with zero attached hydrogens (tertiary/aromatic N) is 1. The summed E-state index contributed by atoms with van der Waals surface area (Å²) in [5.41, 5.74) is 3.56. The second-order valence-electron chi connectivity index (χ2n) is 6.71. The number of hydrazone groups is 1. The maximum absolute atomic E-state index is 12.7. The van der Waals surface area contributed by atoms with Gasteiger partial charge in [0.15, 0.2) is 17.2 Å². The molecule has 0 unspecified atom stereocenters. The minimum absolute atomic E-state index is 0.0918. The number of carbonyl (C=O) groups is 1. The minimum Gasteiger partial charge on any atom is -0.504 e. The number of rotatable bonds is 6. The number of amides is 1. The van der Waals surface area contributed by atoms with Crippen molar-refractivity contribution < 1.29 is 28.5 Å². The first-order valence-corrected chi connectivity index (χ1v) is 11.3. The van der Waals surface area contributed by atoms with Gasteiger partial charge in [0.25, 0.3) is 15.9 Å². The van der Waals surface area contributed by atoms with E-state index in [0.29, 0.717) is 10.0 Å². The van der Waals surface area contributed by atoms with Crippen LogP contribution >= 0.6 is 15.9 Å². The van der Waals surface area contributed by atoms with Crippen LogP contribution in [0.5, 0.6) is 17.2 Å². The molecule has 0 aliphatic rings. The molecular weight excluding hydrogens is 502 g/mol. The Morgan fingerprint density at radius 3 is 2.25 bits per heavy atom. The summed E-state index contributed by atoms with van der Waals surface area (Å²) in [6.07, 6.45) is 1.23. The average molecular weight is 520 g/mol. The van der Waals surface area contributed by atoms with Gasteiger partial charge in [-0.1, -0.05) is 33.6 Å². The molecule has 0 aliphatic carbocycles. The van der Waals surface area contributed by atoms with E-state index in [2.05, 4.69) is 31.2 Å². The normalized spacial score (nSPS) is 11.4. The smallest absolute Gasteiger partial charge is 0.271 e. The number of nitrogens with one attached hydrogen (secondary N) is 2. The first kappa shape index (κ1) is 23.1. The van der Waals surface area contributed by atoms with Crippen LogP contribution in [0.4, 0.5) is 5.69 Å². The summed E-state index contributed by atoms with van der Waals surface area (Å²) >= 11 is 3.30. The van der Waals surface area contributed by atoms with Crippen LogP contribution in [0.25, 0.3) is 0 Å². The quantitative estimate of drug-likeness (QED) is 0.191. The van der Waals surface area contributed by atoms with Crippen LogP contribution in [-0.2, 0) is 10.0 Å². The molecule has 0 aliphatic heterocycles. The van der Waals surface area contributed by atoms with Crippen LogP contribution in [0.15, 0.2) is 69.1 Å². The van der Waals surface area contributed by atoms with Gasteiger partial charge in [-0.2, -0.15) is 5.10 Å². The molecule has 166 valence electrons. The van der Waals surface area contributed by atoms with Gasteiger partial charge in [0.2, 0.25) is 0 Å². The lowest BCUT2D eigenvalue weighted by atomic mass is 10.2. The van der Waals surface area contributed by atoms with E-state index in [-0.39, 0.29) is 16.1 Å². The van der Waals surface area contributed by atoms with Gasteiger partial charge in [-0.15, -0.1) is 0 Å². The van der Waals surface area contributed by atoms with Crippen molar-refractivity contribution in [2.45, 2.75) is 11.8 Å². The van der Waals surface area contributed by atoms with Gasteiger partial charge in [-0.3, -0.25) is 9.52 Å². The molecule has 5 N–H and O–H groups in total. The number of carbonyl (C=O) groups excluding carboxylic acids is 1.